The molecule has 5 nitrogen and oxygen atoms in total. The summed E-state index contributed by atoms with van der Waals surface area (Å²) in [6, 6.07) is 10.3. The van der Waals surface area contributed by atoms with Crippen molar-refractivity contribution in [1.29, 1.82) is 0 Å². The van der Waals surface area contributed by atoms with Crippen LogP contribution in [0.4, 0.5) is 0 Å². The van der Waals surface area contributed by atoms with Crippen molar-refractivity contribution in [3.63, 3.8) is 0 Å². The van der Waals surface area contributed by atoms with Gasteiger partial charge in [0.2, 0.25) is 5.91 Å². The van der Waals surface area contributed by atoms with Crippen molar-refractivity contribution in [2.75, 3.05) is 12.3 Å². The lowest BCUT2D eigenvalue weighted by Gasteiger charge is -2.22. The lowest BCUT2D eigenvalue weighted by molar-refractivity contribution is -0.129. The summed E-state index contributed by atoms with van der Waals surface area (Å²) < 4.78 is 7.30. The lowest BCUT2D eigenvalue weighted by atomic mass is 10.1. The Morgan fingerprint density at radius 2 is 2.24 bits per heavy atom. The van der Waals surface area contributed by atoms with Gasteiger partial charge in [0, 0.05) is 41.7 Å². The maximum atomic E-state index is 12.8. The zero-order chi connectivity index (χ0) is 17.4. The number of carbonyl (C=O) groups is 1. The van der Waals surface area contributed by atoms with Gasteiger partial charge in [0.05, 0.1) is 11.8 Å². The maximum Gasteiger partial charge on any atom is 0.233 e. The van der Waals surface area contributed by atoms with Gasteiger partial charge in [0.25, 0.3) is 0 Å². The first kappa shape index (κ1) is 16.3. The normalized spacial score (nSPS) is 17.5. The topological polar surface area (TPSA) is 51.3 Å². The van der Waals surface area contributed by atoms with E-state index in [1.165, 1.54) is 10.9 Å². The highest BCUT2D eigenvalue weighted by Gasteiger charge is 2.31. The lowest BCUT2D eigenvalue weighted by Crippen LogP contribution is -2.32. The van der Waals surface area contributed by atoms with Crippen molar-refractivity contribution < 1.29 is 9.32 Å². The fourth-order valence-corrected chi connectivity index (χ4v) is 4.56. The van der Waals surface area contributed by atoms with Crippen LogP contribution in [0.25, 0.3) is 10.9 Å². The van der Waals surface area contributed by atoms with Crippen molar-refractivity contribution in [1.82, 2.24) is 14.6 Å². The standard InChI is InChI=1S/C19H21N3O2S/c1-13-10-15(20-24-13)17-8-5-9-22(17)19(23)12-25-18-11-21(2)16-7-4-3-6-14(16)18/h3-4,6-7,10-11,17H,5,8-9,12H2,1-2H3/t17-/m1/s1. The summed E-state index contributed by atoms with van der Waals surface area (Å²) in [5, 5.41) is 5.32. The van der Waals surface area contributed by atoms with Crippen LogP contribution in [0.3, 0.4) is 0 Å². The van der Waals surface area contributed by atoms with Crippen LogP contribution in [-0.2, 0) is 11.8 Å². The Morgan fingerprint density at radius 1 is 1.40 bits per heavy atom. The Labute approximate surface area is 151 Å². The first-order valence-electron chi connectivity index (χ1n) is 8.53. The Balaban J connectivity index is 1.48. The number of nitrogens with zero attached hydrogens (tertiary/aromatic N) is 3. The Hall–Kier alpha value is -2.21. The molecular weight excluding hydrogens is 334 g/mol. The van der Waals surface area contributed by atoms with Gasteiger partial charge in [-0.25, -0.2) is 0 Å². The largest absolute Gasteiger partial charge is 0.361 e. The molecule has 2 aromatic heterocycles. The number of hydrogen-bond donors (Lipinski definition) is 0. The zero-order valence-corrected chi connectivity index (χ0v) is 15.3. The van der Waals surface area contributed by atoms with E-state index >= 15 is 0 Å². The van der Waals surface area contributed by atoms with E-state index in [1.54, 1.807) is 11.8 Å². The molecule has 0 spiro atoms. The molecule has 1 atom stereocenters. The van der Waals surface area contributed by atoms with E-state index < -0.39 is 0 Å². The van der Waals surface area contributed by atoms with Gasteiger partial charge in [-0.15, -0.1) is 11.8 Å². The minimum Gasteiger partial charge on any atom is -0.361 e. The molecule has 25 heavy (non-hydrogen) atoms. The molecule has 1 aromatic carbocycles. The van der Waals surface area contributed by atoms with E-state index in [0.717, 1.165) is 35.7 Å². The second-order valence-electron chi connectivity index (χ2n) is 6.52. The number of hydrogen-bond acceptors (Lipinski definition) is 4. The number of aryl methyl sites for hydroxylation is 2. The van der Waals surface area contributed by atoms with Crippen molar-refractivity contribution in [2.45, 2.75) is 30.7 Å². The van der Waals surface area contributed by atoms with Gasteiger partial charge in [-0.2, -0.15) is 0 Å². The van der Waals surface area contributed by atoms with Crippen molar-refractivity contribution >= 4 is 28.6 Å². The number of thioether (sulfide) groups is 1. The molecule has 1 fully saturated rings. The number of rotatable bonds is 4. The third-order valence-corrected chi connectivity index (χ3v) is 5.80. The van der Waals surface area contributed by atoms with Crippen LogP contribution < -0.4 is 0 Å². The Kier molecular flexibility index (Phi) is 4.29. The third kappa shape index (κ3) is 3.06. The highest BCUT2D eigenvalue weighted by Crippen LogP contribution is 2.34. The van der Waals surface area contributed by atoms with Crippen LogP contribution in [0, 0.1) is 6.92 Å². The van der Waals surface area contributed by atoms with E-state index in [-0.39, 0.29) is 11.9 Å². The summed E-state index contributed by atoms with van der Waals surface area (Å²) in [6.45, 7) is 2.68. The smallest absolute Gasteiger partial charge is 0.233 e. The minimum absolute atomic E-state index is 0.0538. The fourth-order valence-electron chi connectivity index (χ4n) is 3.56. The van der Waals surface area contributed by atoms with Crippen LogP contribution in [-0.4, -0.2) is 32.8 Å². The number of para-hydroxylation sites is 1. The van der Waals surface area contributed by atoms with Gasteiger partial charge in [-0.05, 0) is 25.8 Å². The van der Waals surface area contributed by atoms with Gasteiger partial charge < -0.3 is 14.0 Å². The van der Waals surface area contributed by atoms with Gasteiger partial charge in [-0.1, -0.05) is 23.4 Å². The van der Waals surface area contributed by atoms with E-state index in [0.29, 0.717) is 5.75 Å². The van der Waals surface area contributed by atoms with Crippen LogP contribution in [0.15, 0.2) is 45.9 Å². The van der Waals surface area contributed by atoms with Crippen molar-refractivity contribution in [3.05, 3.63) is 48.0 Å². The molecule has 0 saturated carbocycles. The van der Waals surface area contributed by atoms with Gasteiger partial charge >= 0.3 is 0 Å². The first-order chi connectivity index (χ1) is 12.1. The molecule has 1 aliphatic rings. The first-order valence-corrected chi connectivity index (χ1v) is 9.51. The Bertz CT molecular complexity index is 914. The Morgan fingerprint density at radius 3 is 3.04 bits per heavy atom. The molecule has 3 heterocycles. The van der Waals surface area contributed by atoms with Crippen LogP contribution >= 0.6 is 11.8 Å². The van der Waals surface area contributed by atoms with Crippen molar-refractivity contribution in [3.8, 4) is 0 Å². The molecule has 3 aromatic rings. The second-order valence-corrected chi connectivity index (χ2v) is 7.53. The van der Waals surface area contributed by atoms with E-state index in [2.05, 4.69) is 28.1 Å². The predicted octanol–water partition coefficient (Wildman–Crippen LogP) is 3.93. The minimum atomic E-state index is 0.0538. The summed E-state index contributed by atoms with van der Waals surface area (Å²) >= 11 is 1.61. The molecule has 4 rings (SSSR count). The number of likely N-dealkylation sites (tertiary alicyclic amines) is 1. The molecule has 6 heteroatoms. The average Bonchev–Trinajstić information content (AvgIpc) is 3.32. The van der Waals surface area contributed by atoms with Gasteiger partial charge in [-0.3, -0.25) is 4.79 Å². The number of amides is 1. The van der Waals surface area contributed by atoms with Crippen LogP contribution in [0.1, 0.15) is 30.3 Å². The molecule has 0 unspecified atom stereocenters. The van der Waals surface area contributed by atoms with E-state index in [1.807, 2.05) is 37.1 Å². The summed E-state index contributed by atoms with van der Waals surface area (Å²) in [5.74, 6) is 1.40. The maximum absolute atomic E-state index is 12.8. The highest BCUT2D eigenvalue weighted by molar-refractivity contribution is 8.00. The number of carbonyl (C=O) groups excluding carboxylic acids is 1. The predicted molar refractivity (Wildman–Crippen MR) is 98.6 cm³/mol. The van der Waals surface area contributed by atoms with E-state index in [9.17, 15) is 4.79 Å². The van der Waals surface area contributed by atoms with Crippen LogP contribution in [0.2, 0.25) is 0 Å². The number of aromatic nitrogens is 2. The van der Waals surface area contributed by atoms with Crippen molar-refractivity contribution in [2.24, 2.45) is 7.05 Å². The number of fused-ring (bicyclic) bond motifs is 1. The summed E-state index contributed by atoms with van der Waals surface area (Å²) in [5.41, 5.74) is 2.06. The fraction of sp³-hybridized carbons (Fsp3) is 0.368. The molecule has 0 N–H and O–H groups in total. The third-order valence-electron chi connectivity index (χ3n) is 4.77. The molecule has 0 bridgehead atoms. The molecule has 0 radical (unpaired) electrons. The molecule has 130 valence electrons. The molecular formula is C19H21N3O2S. The summed E-state index contributed by atoms with van der Waals surface area (Å²) in [7, 11) is 2.04. The SMILES string of the molecule is Cc1cc([C@H]2CCCN2C(=O)CSc2cn(C)c3ccccc23)no1. The summed E-state index contributed by atoms with van der Waals surface area (Å²) in [6.07, 6.45) is 4.07. The molecule has 1 aliphatic heterocycles. The van der Waals surface area contributed by atoms with Gasteiger partial charge in [0.15, 0.2) is 0 Å². The highest BCUT2D eigenvalue weighted by atomic mass is 32.2. The summed E-state index contributed by atoms with van der Waals surface area (Å²) in [4.78, 5) is 15.9. The van der Waals surface area contributed by atoms with E-state index in [4.69, 9.17) is 4.52 Å². The average molecular weight is 355 g/mol. The second kappa shape index (κ2) is 6.59. The quantitative estimate of drug-likeness (QED) is 0.666. The molecule has 0 aliphatic carbocycles. The molecule has 1 saturated heterocycles. The molecule has 1 amide bonds. The zero-order valence-electron chi connectivity index (χ0n) is 14.4. The number of benzene rings is 1. The van der Waals surface area contributed by atoms with Gasteiger partial charge in [0.1, 0.15) is 11.5 Å². The van der Waals surface area contributed by atoms with Crippen LogP contribution in [0.5, 0.6) is 0 Å². The monoisotopic (exact) mass is 355 g/mol.